The fourth-order valence-corrected chi connectivity index (χ4v) is 2.66. The van der Waals surface area contributed by atoms with Gasteiger partial charge < -0.3 is 15.8 Å². The smallest absolute Gasteiger partial charge is 0.225 e. The lowest BCUT2D eigenvalue weighted by Crippen LogP contribution is -2.46. The van der Waals surface area contributed by atoms with Crippen molar-refractivity contribution in [1.82, 2.24) is 0 Å². The van der Waals surface area contributed by atoms with E-state index in [9.17, 15) is 4.79 Å². The van der Waals surface area contributed by atoms with E-state index in [1.54, 1.807) is 6.07 Å². The minimum atomic E-state index is -0.599. The summed E-state index contributed by atoms with van der Waals surface area (Å²) in [6.45, 7) is 1.49. The van der Waals surface area contributed by atoms with Crippen LogP contribution in [0.3, 0.4) is 0 Å². The highest BCUT2D eigenvalue weighted by molar-refractivity contribution is 9.10. The number of nitrogens with one attached hydrogen (secondary N) is 1. The molecule has 1 saturated heterocycles. The van der Waals surface area contributed by atoms with Gasteiger partial charge in [-0.3, -0.25) is 4.79 Å². The average molecular weight is 338 g/mol. The predicted molar refractivity (Wildman–Crippen MR) is 79.0 cm³/mol. The van der Waals surface area contributed by atoms with E-state index in [0.717, 1.165) is 4.47 Å². The Morgan fingerprint density at radius 1 is 1.50 bits per heavy atom. The topological polar surface area (TPSA) is 88.1 Å². The summed E-state index contributed by atoms with van der Waals surface area (Å²) in [7, 11) is 0. The second kappa shape index (κ2) is 6.25. The molecule has 1 aliphatic heterocycles. The number of anilines is 1. The van der Waals surface area contributed by atoms with Crippen molar-refractivity contribution in [3.05, 3.63) is 28.2 Å². The van der Waals surface area contributed by atoms with Gasteiger partial charge in [0.1, 0.15) is 6.07 Å². The summed E-state index contributed by atoms with van der Waals surface area (Å²) in [4.78, 5) is 11.8. The zero-order valence-corrected chi connectivity index (χ0v) is 12.6. The second-order valence-corrected chi connectivity index (χ2v) is 5.83. The van der Waals surface area contributed by atoms with Crippen molar-refractivity contribution in [1.29, 1.82) is 5.26 Å². The van der Waals surface area contributed by atoms with Crippen molar-refractivity contribution < 1.29 is 9.53 Å². The molecule has 106 valence electrons. The number of nitriles is 1. The van der Waals surface area contributed by atoms with E-state index < -0.39 is 5.41 Å². The van der Waals surface area contributed by atoms with Crippen LogP contribution < -0.4 is 11.1 Å². The number of carbonyl (C=O) groups is 1. The summed E-state index contributed by atoms with van der Waals surface area (Å²) < 4.78 is 6.14. The largest absolute Gasteiger partial charge is 0.383 e. The number of hydrogen-bond donors (Lipinski definition) is 2. The van der Waals surface area contributed by atoms with Crippen LogP contribution in [0.15, 0.2) is 22.7 Å². The molecule has 0 unspecified atom stereocenters. The minimum Gasteiger partial charge on any atom is -0.383 e. The molecule has 5 nitrogen and oxygen atoms in total. The van der Waals surface area contributed by atoms with Crippen molar-refractivity contribution in [2.24, 2.45) is 11.1 Å². The van der Waals surface area contributed by atoms with Crippen molar-refractivity contribution in [2.45, 2.75) is 12.8 Å². The fraction of sp³-hybridized carbons (Fsp3) is 0.429. The Hall–Kier alpha value is -1.58. The van der Waals surface area contributed by atoms with Crippen LogP contribution in [0, 0.1) is 16.7 Å². The van der Waals surface area contributed by atoms with Crippen LogP contribution in [0.25, 0.3) is 0 Å². The van der Waals surface area contributed by atoms with Gasteiger partial charge in [-0.2, -0.15) is 5.26 Å². The first-order valence-corrected chi connectivity index (χ1v) is 7.18. The lowest BCUT2D eigenvalue weighted by molar-refractivity contribution is -0.132. The van der Waals surface area contributed by atoms with Gasteiger partial charge in [-0.15, -0.1) is 0 Å². The van der Waals surface area contributed by atoms with Gasteiger partial charge in [0.25, 0.3) is 0 Å². The molecule has 1 heterocycles. The Kier molecular flexibility index (Phi) is 4.63. The molecule has 1 fully saturated rings. The molecule has 0 bridgehead atoms. The summed E-state index contributed by atoms with van der Waals surface area (Å²) in [6, 6.07) is 7.54. The number of ether oxygens (including phenoxy) is 1. The Morgan fingerprint density at radius 3 is 2.80 bits per heavy atom. The average Bonchev–Trinajstić information content (AvgIpc) is 2.46. The van der Waals surface area contributed by atoms with E-state index in [4.69, 9.17) is 15.7 Å². The van der Waals surface area contributed by atoms with Crippen molar-refractivity contribution in [3.8, 4) is 6.07 Å². The zero-order chi connectivity index (χ0) is 14.6. The molecule has 2 rings (SSSR count). The second-order valence-electron chi connectivity index (χ2n) is 4.91. The molecule has 0 saturated carbocycles. The van der Waals surface area contributed by atoms with Crippen molar-refractivity contribution in [3.63, 3.8) is 0 Å². The fourth-order valence-electron chi connectivity index (χ4n) is 2.30. The number of primary amides is 1. The van der Waals surface area contributed by atoms with Crippen LogP contribution in [0.1, 0.15) is 18.4 Å². The minimum absolute atomic E-state index is 0.316. The molecule has 1 amide bonds. The first kappa shape index (κ1) is 14.8. The molecule has 0 aliphatic carbocycles. The molecular formula is C14H16BrN3O2. The molecule has 1 aromatic rings. The molecular weight excluding hydrogens is 322 g/mol. The van der Waals surface area contributed by atoms with Crippen LogP contribution in [-0.2, 0) is 9.53 Å². The van der Waals surface area contributed by atoms with Gasteiger partial charge in [0, 0.05) is 24.2 Å². The molecule has 0 radical (unpaired) electrons. The van der Waals surface area contributed by atoms with Crippen LogP contribution >= 0.6 is 15.9 Å². The molecule has 1 aliphatic rings. The highest BCUT2D eigenvalue weighted by Crippen LogP contribution is 2.31. The highest BCUT2D eigenvalue weighted by Gasteiger charge is 2.38. The third-order valence-electron chi connectivity index (χ3n) is 3.69. The van der Waals surface area contributed by atoms with Crippen LogP contribution in [0.2, 0.25) is 0 Å². The standard InChI is InChI=1S/C14H16BrN3O2/c15-11-1-2-12(10(7-11)8-16)18-9-14(13(17)19)3-5-20-6-4-14/h1-2,7,18H,3-6,9H2,(H2,17,19). The van der Waals surface area contributed by atoms with E-state index in [2.05, 4.69) is 27.3 Å². The summed E-state index contributed by atoms with van der Waals surface area (Å²) in [5.74, 6) is -0.316. The Balaban J connectivity index is 2.14. The maximum atomic E-state index is 11.8. The van der Waals surface area contributed by atoms with Gasteiger partial charge in [-0.25, -0.2) is 0 Å². The number of nitrogens with two attached hydrogens (primary N) is 1. The quantitative estimate of drug-likeness (QED) is 0.879. The molecule has 3 N–H and O–H groups in total. The number of rotatable bonds is 4. The molecule has 1 aromatic carbocycles. The van der Waals surface area contributed by atoms with E-state index >= 15 is 0 Å². The molecule has 0 atom stereocenters. The Labute approximate surface area is 126 Å². The maximum absolute atomic E-state index is 11.8. The summed E-state index contributed by atoms with van der Waals surface area (Å²) >= 11 is 3.33. The molecule has 20 heavy (non-hydrogen) atoms. The van der Waals surface area contributed by atoms with Gasteiger partial charge in [-0.1, -0.05) is 15.9 Å². The normalized spacial score (nSPS) is 17.2. The van der Waals surface area contributed by atoms with E-state index in [1.807, 2.05) is 12.1 Å². The lowest BCUT2D eigenvalue weighted by Gasteiger charge is -2.34. The lowest BCUT2D eigenvalue weighted by atomic mass is 9.79. The Bertz CT molecular complexity index is 548. The summed E-state index contributed by atoms with van der Waals surface area (Å²) in [6.07, 6.45) is 1.21. The number of nitrogens with zero attached hydrogens (tertiary/aromatic N) is 1. The van der Waals surface area contributed by atoms with Crippen molar-refractivity contribution in [2.75, 3.05) is 25.1 Å². The first-order valence-electron chi connectivity index (χ1n) is 6.38. The molecule has 0 aromatic heterocycles. The molecule has 0 spiro atoms. The number of hydrogen-bond acceptors (Lipinski definition) is 4. The number of benzene rings is 1. The van der Waals surface area contributed by atoms with Crippen LogP contribution in [0.5, 0.6) is 0 Å². The molecule has 6 heteroatoms. The maximum Gasteiger partial charge on any atom is 0.225 e. The van der Waals surface area contributed by atoms with Crippen molar-refractivity contribution >= 4 is 27.5 Å². The first-order chi connectivity index (χ1) is 9.57. The number of amides is 1. The van der Waals surface area contributed by atoms with Gasteiger partial charge in [0.2, 0.25) is 5.91 Å². The predicted octanol–water partition coefficient (Wildman–Crippen LogP) is 2.01. The van der Waals surface area contributed by atoms with Gasteiger partial charge in [-0.05, 0) is 31.0 Å². The summed E-state index contributed by atoms with van der Waals surface area (Å²) in [5, 5.41) is 12.3. The SMILES string of the molecule is N#Cc1cc(Br)ccc1NCC1(C(N)=O)CCOCC1. The van der Waals surface area contributed by atoms with E-state index in [1.165, 1.54) is 0 Å². The number of halogens is 1. The van der Waals surface area contributed by atoms with Crippen LogP contribution in [-0.4, -0.2) is 25.7 Å². The summed E-state index contributed by atoms with van der Waals surface area (Å²) in [5.41, 5.74) is 6.20. The van der Waals surface area contributed by atoms with Gasteiger partial charge in [0.15, 0.2) is 0 Å². The van der Waals surface area contributed by atoms with Crippen LogP contribution in [0.4, 0.5) is 5.69 Å². The van der Waals surface area contributed by atoms with E-state index in [-0.39, 0.29) is 5.91 Å². The highest BCUT2D eigenvalue weighted by atomic mass is 79.9. The van der Waals surface area contributed by atoms with Gasteiger partial charge >= 0.3 is 0 Å². The zero-order valence-electron chi connectivity index (χ0n) is 11.0. The Morgan fingerprint density at radius 2 is 2.20 bits per heavy atom. The van der Waals surface area contributed by atoms with Gasteiger partial charge in [0.05, 0.1) is 16.7 Å². The monoisotopic (exact) mass is 337 g/mol. The third kappa shape index (κ3) is 3.11. The van der Waals surface area contributed by atoms with E-state index in [0.29, 0.717) is 43.9 Å². The number of carbonyl (C=O) groups excluding carboxylic acids is 1. The third-order valence-corrected chi connectivity index (χ3v) is 4.19.